The molecule has 1 N–H and O–H groups in total. The van der Waals surface area contributed by atoms with Gasteiger partial charge in [0.05, 0.1) is 5.69 Å². The van der Waals surface area contributed by atoms with Crippen molar-refractivity contribution in [2.75, 3.05) is 13.6 Å². The standard InChI is InChI=1S/C17H21N3O/c1-3-20(2)17(21)13-9-10-15-14(11-13)16(19-18-15)12-7-5-4-6-8-12/h4-8,13H,3,9-11H2,1-2H3,(H,18,19)/t13-/m1/s1. The fourth-order valence-corrected chi connectivity index (χ4v) is 3.01. The Labute approximate surface area is 125 Å². The summed E-state index contributed by atoms with van der Waals surface area (Å²) < 4.78 is 0. The van der Waals surface area contributed by atoms with Gasteiger partial charge in [-0.05, 0) is 26.2 Å². The number of carbonyl (C=O) groups is 1. The van der Waals surface area contributed by atoms with E-state index in [-0.39, 0.29) is 11.8 Å². The van der Waals surface area contributed by atoms with Gasteiger partial charge in [-0.25, -0.2) is 0 Å². The highest BCUT2D eigenvalue weighted by Crippen LogP contribution is 2.32. The number of H-pyrrole nitrogens is 1. The number of nitrogens with one attached hydrogen (secondary N) is 1. The minimum atomic E-state index is 0.0857. The van der Waals surface area contributed by atoms with Crippen molar-refractivity contribution in [3.05, 3.63) is 41.6 Å². The van der Waals surface area contributed by atoms with Crippen LogP contribution in [0.4, 0.5) is 0 Å². The van der Waals surface area contributed by atoms with Gasteiger partial charge in [0.2, 0.25) is 5.91 Å². The van der Waals surface area contributed by atoms with Crippen LogP contribution >= 0.6 is 0 Å². The van der Waals surface area contributed by atoms with Crippen LogP contribution in [0.2, 0.25) is 0 Å². The number of rotatable bonds is 3. The molecule has 0 saturated carbocycles. The SMILES string of the molecule is CCN(C)C(=O)[C@@H]1CCc2[nH]nc(-c3ccccc3)c2C1. The summed E-state index contributed by atoms with van der Waals surface area (Å²) in [4.78, 5) is 14.2. The minimum Gasteiger partial charge on any atom is -0.346 e. The van der Waals surface area contributed by atoms with Crippen molar-refractivity contribution in [1.82, 2.24) is 15.1 Å². The number of nitrogens with zero attached hydrogens (tertiary/aromatic N) is 2. The molecule has 1 aliphatic carbocycles. The lowest BCUT2D eigenvalue weighted by Gasteiger charge is -2.26. The summed E-state index contributed by atoms with van der Waals surface area (Å²) in [6, 6.07) is 10.2. The summed E-state index contributed by atoms with van der Waals surface area (Å²) in [6.07, 6.45) is 2.61. The number of carbonyl (C=O) groups excluding carboxylic acids is 1. The molecule has 0 radical (unpaired) electrons. The first-order valence-electron chi connectivity index (χ1n) is 7.57. The normalized spacial score (nSPS) is 17.3. The molecule has 2 aromatic rings. The van der Waals surface area contributed by atoms with E-state index in [1.54, 1.807) is 0 Å². The van der Waals surface area contributed by atoms with Gasteiger partial charge in [-0.1, -0.05) is 30.3 Å². The van der Waals surface area contributed by atoms with Crippen LogP contribution in [0.5, 0.6) is 0 Å². The Kier molecular flexibility index (Phi) is 3.78. The predicted molar refractivity (Wildman–Crippen MR) is 82.8 cm³/mol. The van der Waals surface area contributed by atoms with E-state index in [9.17, 15) is 4.79 Å². The molecular formula is C17H21N3O. The molecule has 0 unspecified atom stereocenters. The topological polar surface area (TPSA) is 49.0 Å². The second-order valence-electron chi connectivity index (χ2n) is 5.69. The Balaban J connectivity index is 1.88. The van der Waals surface area contributed by atoms with Gasteiger partial charge in [0.15, 0.2) is 0 Å². The zero-order valence-electron chi connectivity index (χ0n) is 12.6. The van der Waals surface area contributed by atoms with E-state index in [2.05, 4.69) is 22.3 Å². The van der Waals surface area contributed by atoms with Gasteiger partial charge in [0.25, 0.3) is 0 Å². The molecule has 0 bridgehead atoms. The molecule has 0 aliphatic heterocycles. The van der Waals surface area contributed by atoms with E-state index in [0.717, 1.165) is 37.1 Å². The maximum absolute atomic E-state index is 12.4. The highest BCUT2D eigenvalue weighted by Gasteiger charge is 2.29. The summed E-state index contributed by atoms with van der Waals surface area (Å²) >= 11 is 0. The lowest BCUT2D eigenvalue weighted by Crippen LogP contribution is -2.35. The average molecular weight is 283 g/mol. The fourth-order valence-electron chi connectivity index (χ4n) is 3.01. The lowest BCUT2D eigenvalue weighted by atomic mass is 9.84. The number of benzene rings is 1. The Hall–Kier alpha value is -2.10. The Bertz CT molecular complexity index is 633. The van der Waals surface area contributed by atoms with Crippen molar-refractivity contribution < 1.29 is 4.79 Å². The van der Waals surface area contributed by atoms with Crippen LogP contribution in [-0.4, -0.2) is 34.6 Å². The second-order valence-corrected chi connectivity index (χ2v) is 5.69. The first kappa shape index (κ1) is 13.9. The van der Waals surface area contributed by atoms with Crippen LogP contribution in [-0.2, 0) is 17.6 Å². The minimum absolute atomic E-state index is 0.0857. The number of hydrogen-bond donors (Lipinski definition) is 1. The van der Waals surface area contributed by atoms with Crippen LogP contribution in [0.3, 0.4) is 0 Å². The molecule has 0 fully saturated rings. The zero-order valence-corrected chi connectivity index (χ0v) is 12.6. The van der Waals surface area contributed by atoms with Gasteiger partial charge in [0, 0.05) is 36.3 Å². The molecule has 110 valence electrons. The van der Waals surface area contributed by atoms with E-state index in [1.165, 1.54) is 11.3 Å². The van der Waals surface area contributed by atoms with E-state index >= 15 is 0 Å². The first-order chi connectivity index (χ1) is 10.2. The maximum atomic E-state index is 12.4. The summed E-state index contributed by atoms with van der Waals surface area (Å²) in [6.45, 7) is 2.78. The van der Waals surface area contributed by atoms with Crippen molar-refractivity contribution >= 4 is 5.91 Å². The monoisotopic (exact) mass is 283 g/mol. The molecular weight excluding hydrogens is 262 g/mol. The number of aromatic amines is 1. The molecule has 1 atom stereocenters. The number of hydrogen-bond acceptors (Lipinski definition) is 2. The van der Waals surface area contributed by atoms with Crippen LogP contribution < -0.4 is 0 Å². The maximum Gasteiger partial charge on any atom is 0.225 e. The largest absolute Gasteiger partial charge is 0.346 e. The van der Waals surface area contributed by atoms with E-state index in [0.29, 0.717) is 0 Å². The van der Waals surface area contributed by atoms with Crippen molar-refractivity contribution in [3.8, 4) is 11.3 Å². The summed E-state index contributed by atoms with van der Waals surface area (Å²) in [5.41, 5.74) is 4.53. The van der Waals surface area contributed by atoms with Crippen LogP contribution in [0.15, 0.2) is 30.3 Å². The third-order valence-corrected chi connectivity index (χ3v) is 4.39. The third-order valence-electron chi connectivity index (χ3n) is 4.39. The number of fused-ring (bicyclic) bond motifs is 1. The smallest absolute Gasteiger partial charge is 0.225 e. The van der Waals surface area contributed by atoms with Crippen molar-refractivity contribution in [1.29, 1.82) is 0 Å². The van der Waals surface area contributed by atoms with E-state index in [1.807, 2.05) is 37.1 Å². The van der Waals surface area contributed by atoms with Gasteiger partial charge >= 0.3 is 0 Å². The van der Waals surface area contributed by atoms with Crippen molar-refractivity contribution in [3.63, 3.8) is 0 Å². The highest BCUT2D eigenvalue weighted by atomic mass is 16.2. The van der Waals surface area contributed by atoms with Crippen LogP contribution in [0.1, 0.15) is 24.6 Å². The summed E-state index contributed by atoms with van der Waals surface area (Å²) in [5, 5.41) is 7.63. The Morgan fingerprint density at radius 3 is 2.86 bits per heavy atom. The molecule has 1 heterocycles. The lowest BCUT2D eigenvalue weighted by molar-refractivity contribution is -0.134. The van der Waals surface area contributed by atoms with E-state index < -0.39 is 0 Å². The van der Waals surface area contributed by atoms with Crippen LogP contribution in [0, 0.1) is 5.92 Å². The number of aryl methyl sites for hydroxylation is 1. The average Bonchev–Trinajstić information content (AvgIpc) is 2.97. The van der Waals surface area contributed by atoms with Crippen molar-refractivity contribution in [2.45, 2.75) is 26.2 Å². The molecule has 1 amide bonds. The summed E-state index contributed by atoms with van der Waals surface area (Å²) in [5.74, 6) is 0.339. The van der Waals surface area contributed by atoms with Gasteiger partial charge in [0.1, 0.15) is 0 Å². The number of amides is 1. The van der Waals surface area contributed by atoms with Crippen molar-refractivity contribution in [2.24, 2.45) is 5.92 Å². The molecule has 3 rings (SSSR count). The first-order valence-corrected chi connectivity index (χ1v) is 7.57. The molecule has 1 aliphatic rings. The van der Waals surface area contributed by atoms with E-state index in [4.69, 9.17) is 0 Å². The molecule has 4 nitrogen and oxygen atoms in total. The van der Waals surface area contributed by atoms with Crippen LogP contribution in [0.25, 0.3) is 11.3 Å². The molecule has 0 saturated heterocycles. The van der Waals surface area contributed by atoms with Gasteiger partial charge < -0.3 is 4.90 Å². The highest BCUT2D eigenvalue weighted by molar-refractivity contribution is 5.80. The Morgan fingerprint density at radius 2 is 2.14 bits per heavy atom. The zero-order chi connectivity index (χ0) is 14.8. The van der Waals surface area contributed by atoms with Gasteiger partial charge in [-0.2, -0.15) is 5.10 Å². The molecule has 1 aromatic carbocycles. The fraction of sp³-hybridized carbons (Fsp3) is 0.412. The number of aromatic nitrogens is 2. The Morgan fingerprint density at radius 1 is 1.38 bits per heavy atom. The molecule has 0 spiro atoms. The third kappa shape index (κ3) is 2.58. The second kappa shape index (κ2) is 5.72. The predicted octanol–water partition coefficient (Wildman–Crippen LogP) is 2.66. The molecule has 4 heteroatoms. The quantitative estimate of drug-likeness (QED) is 0.941. The van der Waals surface area contributed by atoms with Gasteiger partial charge in [-0.15, -0.1) is 0 Å². The van der Waals surface area contributed by atoms with Gasteiger partial charge in [-0.3, -0.25) is 9.89 Å². The molecule has 21 heavy (non-hydrogen) atoms. The molecule has 1 aromatic heterocycles. The summed E-state index contributed by atoms with van der Waals surface area (Å²) in [7, 11) is 1.88.